The number of aryl methyl sites for hydroxylation is 1. The van der Waals surface area contributed by atoms with Gasteiger partial charge in [0.25, 0.3) is 11.7 Å². The van der Waals surface area contributed by atoms with Gasteiger partial charge < -0.3 is 29.1 Å². The lowest BCUT2D eigenvalue weighted by molar-refractivity contribution is -0.140. The van der Waals surface area contributed by atoms with E-state index in [9.17, 15) is 14.7 Å². The number of carbonyl (C=O) groups is 2. The summed E-state index contributed by atoms with van der Waals surface area (Å²) in [4.78, 5) is 30.4. The zero-order valence-corrected chi connectivity index (χ0v) is 22.2. The van der Waals surface area contributed by atoms with Gasteiger partial charge in [-0.3, -0.25) is 9.59 Å². The van der Waals surface area contributed by atoms with Gasteiger partial charge in [0.2, 0.25) is 0 Å². The summed E-state index contributed by atoms with van der Waals surface area (Å²) in [6, 6.07) is 9.66. The molecule has 0 spiro atoms. The van der Waals surface area contributed by atoms with Crippen LogP contribution in [0, 0.1) is 6.92 Å². The fourth-order valence-electron chi connectivity index (χ4n) is 4.56. The number of ether oxygens (including phenoxy) is 3. The number of carbonyl (C=O) groups excluding carboxylic acids is 2. The maximum Gasteiger partial charge on any atom is 0.295 e. The second-order valence-electron chi connectivity index (χ2n) is 8.71. The number of methoxy groups -OCH3 is 2. The predicted molar refractivity (Wildman–Crippen MR) is 143 cm³/mol. The van der Waals surface area contributed by atoms with Crippen LogP contribution in [0.3, 0.4) is 0 Å². The van der Waals surface area contributed by atoms with Crippen molar-refractivity contribution < 1.29 is 28.9 Å². The Bertz CT molecular complexity index is 1180. The monoisotopic (exact) mass is 508 g/mol. The summed E-state index contributed by atoms with van der Waals surface area (Å²) in [6.45, 7) is 12.5. The molecule has 1 atom stereocenters. The number of hydrogen-bond donors (Lipinski definition) is 1. The van der Waals surface area contributed by atoms with Crippen molar-refractivity contribution in [3.8, 4) is 17.2 Å². The van der Waals surface area contributed by atoms with E-state index >= 15 is 0 Å². The summed E-state index contributed by atoms with van der Waals surface area (Å²) in [5.74, 6) is 0.0214. The quantitative estimate of drug-likeness (QED) is 0.197. The first-order chi connectivity index (χ1) is 17.8. The number of amides is 1. The first-order valence-corrected chi connectivity index (χ1v) is 12.4. The minimum Gasteiger partial charge on any atom is -0.507 e. The molecule has 2 aromatic carbocycles. The highest BCUT2D eigenvalue weighted by molar-refractivity contribution is 6.46. The molecule has 0 bridgehead atoms. The second kappa shape index (κ2) is 12.5. The molecule has 0 saturated carbocycles. The van der Waals surface area contributed by atoms with Gasteiger partial charge in [0.1, 0.15) is 18.1 Å². The van der Waals surface area contributed by atoms with E-state index in [-0.39, 0.29) is 11.3 Å². The summed E-state index contributed by atoms with van der Waals surface area (Å²) in [5.41, 5.74) is 1.85. The van der Waals surface area contributed by atoms with E-state index in [1.165, 1.54) is 12.0 Å². The van der Waals surface area contributed by atoms with Gasteiger partial charge >= 0.3 is 0 Å². The first kappa shape index (κ1) is 27.8. The Morgan fingerprint density at radius 3 is 2.38 bits per heavy atom. The maximum atomic E-state index is 13.4. The molecule has 0 aromatic heterocycles. The molecule has 37 heavy (non-hydrogen) atoms. The fraction of sp³-hybridized carbons (Fsp3) is 0.379. The van der Waals surface area contributed by atoms with Gasteiger partial charge in [-0.05, 0) is 61.5 Å². The standard InChI is InChI=1S/C29H36N2O6/c1-7-16-37-21-11-12-22(19(4)17-21)27(32)25-26(20-10-13-23(35-5)24(18-20)36-6)31(29(34)28(25)33)15-14-30(8-2)9-3/h7,10-13,17-18,26,32H,1,8-9,14-16H2,2-6H3. The molecule has 1 heterocycles. The van der Waals surface area contributed by atoms with Gasteiger partial charge in [0.05, 0.1) is 25.8 Å². The van der Waals surface area contributed by atoms with Crippen molar-refractivity contribution in [2.45, 2.75) is 26.8 Å². The summed E-state index contributed by atoms with van der Waals surface area (Å²) < 4.78 is 16.4. The van der Waals surface area contributed by atoms with Crippen LogP contribution in [-0.2, 0) is 9.59 Å². The van der Waals surface area contributed by atoms with Crippen LogP contribution in [0.2, 0.25) is 0 Å². The van der Waals surface area contributed by atoms with Crippen molar-refractivity contribution in [1.82, 2.24) is 9.80 Å². The lowest BCUT2D eigenvalue weighted by Gasteiger charge is -2.28. The Kier molecular flexibility index (Phi) is 9.36. The molecule has 1 saturated heterocycles. The number of likely N-dealkylation sites (N-methyl/N-ethyl adjacent to an activating group) is 1. The molecular formula is C29H36N2O6. The second-order valence-corrected chi connectivity index (χ2v) is 8.71. The normalized spacial score (nSPS) is 16.8. The number of aliphatic hydroxyl groups excluding tert-OH is 1. The highest BCUT2D eigenvalue weighted by Gasteiger charge is 2.46. The van der Waals surface area contributed by atoms with Crippen molar-refractivity contribution in [1.29, 1.82) is 0 Å². The Morgan fingerprint density at radius 2 is 1.78 bits per heavy atom. The molecule has 0 radical (unpaired) electrons. The summed E-state index contributed by atoms with van der Waals surface area (Å²) >= 11 is 0. The number of Topliss-reactive ketones (excluding diaryl/α,β-unsaturated/α-hetero) is 1. The zero-order valence-electron chi connectivity index (χ0n) is 22.2. The minimum absolute atomic E-state index is 0.0413. The molecule has 1 aliphatic rings. The van der Waals surface area contributed by atoms with Crippen LogP contribution in [-0.4, -0.2) is 73.6 Å². The summed E-state index contributed by atoms with van der Waals surface area (Å²) in [6.07, 6.45) is 1.64. The third-order valence-electron chi connectivity index (χ3n) is 6.64. The molecule has 2 aromatic rings. The van der Waals surface area contributed by atoms with Gasteiger partial charge in [0.15, 0.2) is 11.5 Å². The van der Waals surface area contributed by atoms with E-state index in [2.05, 4.69) is 25.3 Å². The van der Waals surface area contributed by atoms with E-state index in [0.717, 1.165) is 13.1 Å². The molecule has 1 aliphatic heterocycles. The number of nitrogens with zero attached hydrogens (tertiary/aromatic N) is 2. The van der Waals surface area contributed by atoms with E-state index in [1.54, 1.807) is 49.6 Å². The van der Waals surface area contributed by atoms with Crippen LogP contribution in [0.25, 0.3) is 5.76 Å². The number of benzene rings is 2. The van der Waals surface area contributed by atoms with E-state index in [1.807, 2.05) is 6.92 Å². The summed E-state index contributed by atoms with van der Waals surface area (Å²) in [5, 5.41) is 11.5. The van der Waals surface area contributed by atoms with E-state index < -0.39 is 17.7 Å². The van der Waals surface area contributed by atoms with Crippen LogP contribution in [0.5, 0.6) is 17.2 Å². The lowest BCUT2D eigenvalue weighted by atomic mass is 9.93. The van der Waals surface area contributed by atoms with Crippen LogP contribution < -0.4 is 14.2 Å². The number of hydrogen-bond acceptors (Lipinski definition) is 7. The average molecular weight is 509 g/mol. The Morgan fingerprint density at radius 1 is 1.08 bits per heavy atom. The van der Waals surface area contributed by atoms with Gasteiger partial charge in [-0.25, -0.2) is 0 Å². The number of aliphatic hydroxyl groups is 1. The number of rotatable bonds is 12. The minimum atomic E-state index is -0.786. The Hall–Kier alpha value is -3.78. The van der Waals surface area contributed by atoms with E-state index in [4.69, 9.17) is 14.2 Å². The maximum absolute atomic E-state index is 13.4. The van der Waals surface area contributed by atoms with Gasteiger partial charge in [0, 0.05) is 18.7 Å². The predicted octanol–water partition coefficient (Wildman–Crippen LogP) is 4.34. The van der Waals surface area contributed by atoms with Crippen molar-refractivity contribution in [3.05, 3.63) is 71.3 Å². The van der Waals surface area contributed by atoms with Crippen LogP contribution >= 0.6 is 0 Å². The highest BCUT2D eigenvalue weighted by atomic mass is 16.5. The van der Waals surface area contributed by atoms with Gasteiger partial charge in [-0.2, -0.15) is 0 Å². The molecule has 8 heteroatoms. The number of ketones is 1. The van der Waals surface area contributed by atoms with Crippen LogP contribution in [0.1, 0.15) is 36.6 Å². The summed E-state index contributed by atoms with van der Waals surface area (Å²) in [7, 11) is 3.07. The van der Waals surface area contributed by atoms with Gasteiger partial charge in [-0.1, -0.05) is 32.6 Å². The third-order valence-corrected chi connectivity index (χ3v) is 6.64. The zero-order chi connectivity index (χ0) is 27.1. The Labute approximate surface area is 218 Å². The van der Waals surface area contributed by atoms with Crippen molar-refractivity contribution in [2.24, 2.45) is 0 Å². The molecule has 1 fully saturated rings. The molecule has 1 unspecified atom stereocenters. The van der Waals surface area contributed by atoms with Gasteiger partial charge in [-0.15, -0.1) is 0 Å². The molecule has 8 nitrogen and oxygen atoms in total. The smallest absolute Gasteiger partial charge is 0.295 e. The van der Waals surface area contributed by atoms with E-state index in [0.29, 0.717) is 53.6 Å². The van der Waals surface area contributed by atoms with Crippen molar-refractivity contribution in [2.75, 3.05) is 47.0 Å². The lowest BCUT2D eigenvalue weighted by Crippen LogP contribution is -2.38. The topological polar surface area (TPSA) is 88.5 Å². The fourth-order valence-corrected chi connectivity index (χ4v) is 4.56. The first-order valence-electron chi connectivity index (χ1n) is 12.4. The third kappa shape index (κ3) is 5.80. The molecule has 1 N–H and O–H groups in total. The van der Waals surface area contributed by atoms with Crippen LogP contribution in [0.15, 0.2) is 54.6 Å². The molecule has 0 aliphatic carbocycles. The molecule has 1 amide bonds. The SMILES string of the molecule is C=CCOc1ccc(C(O)=C2C(=O)C(=O)N(CCN(CC)CC)C2c2ccc(OC)c(OC)c2)c(C)c1. The molecular weight excluding hydrogens is 472 g/mol. The number of likely N-dealkylation sites (tertiary alicyclic amines) is 1. The average Bonchev–Trinajstić information content (AvgIpc) is 3.16. The molecule has 198 valence electrons. The van der Waals surface area contributed by atoms with Crippen LogP contribution in [0.4, 0.5) is 0 Å². The van der Waals surface area contributed by atoms with Crippen molar-refractivity contribution >= 4 is 17.4 Å². The largest absolute Gasteiger partial charge is 0.507 e. The van der Waals surface area contributed by atoms with Crippen molar-refractivity contribution in [3.63, 3.8) is 0 Å². The molecule has 3 rings (SSSR count). The highest BCUT2D eigenvalue weighted by Crippen LogP contribution is 2.42. The Balaban J connectivity index is 2.15.